The predicted molar refractivity (Wildman–Crippen MR) is 191 cm³/mol. The minimum Gasteiger partial charge on any atom is -0.351 e. The van der Waals surface area contributed by atoms with Crippen LogP contribution in [0.3, 0.4) is 0 Å². The lowest BCUT2D eigenvalue weighted by atomic mass is 9.90. The fraction of sp³-hybridized carbons (Fsp3) is 0.316. The predicted octanol–water partition coefficient (Wildman–Crippen LogP) is 6.65. The summed E-state index contributed by atoms with van der Waals surface area (Å²) >= 11 is 2.34. The van der Waals surface area contributed by atoms with E-state index in [9.17, 15) is 9.59 Å². The Morgan fingerprint density at radius 2 is 1.56 bits per heavy atom. The molecule has 1 saturated heterocycles. The van der Waals surface area contributed by atoms with E-state index in [-0.39, 0.29) is 29.8 Å². The first-order chi connectivity index (χ1) is 21.9. The van der Waals surface area contributed by atoms with Gasteiger partial charge in [-0.25, -0.2) is 0 Å². The molecule has 2 atom stereocenters. The molecule has 0 bridgehead atoms. The number of hydrogen-bond donors (Lipinski definition) is 2. The summed E-state index contributed by atoms with van der Waals surface area (Å²) in [7, 11) is 0. The molecule has 0 radical (unpaired) electrons. The molecule has 234 valence electrons. The lowest BCUT2D eigenvalue weighted by Crippen LogP contribution is -2.49. The first-order valence-electron chi connectivity index (χ1n) is 15.8. The van der Waals surface area contributed by atoms with E-state index in [1.54, 1.807) is 6.08 Å². The van der Waals surface area contributed by atoms with Gasteiger partial charge in [0.15, 0.2) is 0 Å². The SMILES string of the molecule is Cc1ccc(C)n1CC[C@@H]1N[C@H](CNC(=O)/C=C/c2ccc(CI)cc2)CCN(CC(c2ccccc2)c2ccccc2)C1=O. The number of rotatable bonds is 12. The highest BCUT2D eigenvalue weighted by atomic mass is 127. The average molecular weight is 715 g/mol. The fourth-order valence-corrected chi connectivity index (χ4v) is 6.62. The molecule has 1 fully saturated rings. The highest BCUT2D eigenvalue weighted by molar-refractivity contribution is 14.1. The molecule has 1 aliphatic heterocycles. The standard InChI is InChI=1S/C38H43IN4O2/c1-28-13-14-29(2)43(28)24-22-36-38(45)42(27-35(32-9-5-3-6-10-32)33-11-7-4-8-12-33)23-21-34(41-36)26-40-37(44)20-19-30-15-17-31(25-39)18-16-30/h3-20,34-36,41H,21-27H2,1-2H3,(H,40,44)/b20-19+/t34-,36-/m0/s1. The average Bonchev–Trinajstić information content (AvgIpc) is 3.32. The van der Waals surface area contributed by atoms with E-state index in [2.05, 4.69) is 124 Å². The van der Waals surface area contributed by atoms with Crippen molar-refractivity contribution in [1.82, 2.24) is 20.1 Å². The monoisotopic (exact) mass is 714 g/mol. The molecule has 0 spiro atoms. The molecule has 45 heavy (non-hydrogen) atoms. The Balaban J connectivity index is 1.31. The van der Waals surface area contributed by atoms with Crippen LogP contribution >= 0.6 is 22.6 Å². The Labute approximate surface area is 281 Å². The van der Waals surface area contributed by atoms with Gasteiger partial charge in [0.05, 0.1) is 6.04 Å². The maximum atomic E-state index is 14.2. The molecule has 1 aromatic heterocycles. The van der Waals surface area contributed by atoms with E-state index in [4.69, 9.17) is 0 Å². The van der Waals surface area contributed by atoms with Crippen molar-refractivity contribution in [2.45, 2.75) is 55.7 Å². The number of nitrogens with zero attached hydrogens (tertiary/aromatic N) is 2. The molecule has 4 aromatic rings. The van der Waals surface area contributed by atoms with Gasteiger partial charge in [-0.05, 0) is 67.2 Å². The quantitative estimate of drug-likeness (QED) is 0.0982. The number of halogens is 1. The molecule has 7 heteroatoms. The molecular weight excluding hydrogens is 671 g/mol. The Morgan fingerprint density at radius 3 is 2.16 bits per heavy atom. The van der Waals surface area contributed by atoms with Crippen LogP contribution in [0.1, 0.15) is 52.4 Å². The van der Waals surface area contributed by atoms with Gasteiger partial charge in [0.1, 0.15) is 0 Å². The van der Waals surface area contributed by atoms with Gasteiger partial charge in [0.25, 0.3) is 0 Å². The molecule has 1 aliphatic rings. The van der Waals surface area contributed by atoms with Gasteiger partial charge in [-0.2, -0.15) is 0 Å². The zero-order chi connectivity index (χ0) is 31.6. The second-order valence-electron chi connectivity index (χ2n) is 11.9. The number of alkyl halides is 1. The van der Waals surface area contributed by atoms with Crippen molar-refractivity contribution in [3.8, 4) is 0 Å². The molecule has 2 N–H and O–H groups in total. The van der Waals surface area contributed by atoms with Crippen LogP contribution in [-0.2, 0) is 20.6 Å². The lowest BCUT2D eigenvalue weighted by Gasteiger charge is -2.29. The minimum atomic E-state index is -0.352. The van der Waals surface area contributed by atoms with Crippen molar-refractivity contribution in [3.63, 3.8) is 0 Å². The maximum absolute atomic E-state index is 14.2. The molecule has 0 aliphatic carbocycles. The number of carbonyl (C=O) groups excluding carboxylic acids is 2. The van der Waals surface area contributed by atoms with Crippen LogP contribution in [0.4, 0.5) is 0 Å². The molecule has 0 unspecified atom stereocenters. The van der Waals surface area contributed by atoms with E-state index in [1.165, 1.54) is 28.1 Å². The van der Waals surface area contributed by atoms with Gasteiger partial charge in [-0.1, -0.05) is 108 Å². The van der Waals surface area contributed by atoms with Crippen LogP contribution in [0.15, 0.2) is 103 Å². The third-order valence-corrected chi connectivity index (χ3v) is 9.62. The van der Waals surface area contributed by atoms with Gasteiger partial charge in [-0.15, -0.1) is 0 Å². The van der Waals surface area contributed by atoms with E-state index in [1.807, 2.05) is 35.2 Å². The van der Waals surface area contributed by atoms with E-state index in [0.717, 1.165) is 23.0 Å². The van der Waals surface area contributed by atoms with Crippen LogP contribution < -0.4 is 10.6 Å². The number of nitrogens with one attached hydrogen (secondary N) is 2. The first kappa shape index (κ1) is 32.7. The van der Waals surface area contributed by atoms with Crippen molar-refractivity contribution in [2.75, 3.05) is 19.6 Å². The summed E-state index contributed by atoms with van der Waals surface area (Å²) in [6.07, 6.45) is 4.86. The molecule has 2 amide bonds. The lowest BCUT2D eigenvalue weighted by molar-refractivity contribution is -0.133. The Hall–Kier alpha value is -3.69. The summed E-state index contributed by atoms with van der Waals surface area (Å²) in [6.45, 7) is 6.65. The summed E-state index contributed by atoms with van der Waals surface area (Å²) in [5.74, 6) is 0.0572. The summed E-state index contributed by atoms with van der Waals surface area (Å²) < 4.78 is 3.23. The molecule has 6 nitrogen and oxygen atoms in total. The number of aryl methyl sites for hydroxylation is 2. The normalized spacial score (nSPS) is 17.2. The van der Waals surface area contributed by atoms with Gasteiger partial charge in [0.2, 0.25) is 11.8 Å². The van der Waals surface area contributed by atoms with Crippen molar-refractivity contribution in [1.29, 1.82) is 0 Å². The Morgan fingerprint density at radius 1 is 0.933 bits per heavy atom. The van der Waals surface area contributed by atoms with Crippen molar-refractivity contribution in [3.05, 3.63) is 137 Å². The van der Waals surface area contributed by atoms with E-state index >= 15 is 0 Å². The fourth-order valence-electron chi connectivity index (χ4n) is 6.11. The van der Waals surface area contributed by atoms with Gasteiger partial charge in [-0.3, -0.25) is 9.59 Å². The highest BCUT2D eigenvalue weighted by Gasteiger charge is 2.32. The molecule has 2 heterocycles. The smallest absolute Gasteiger partial charge is 0.244 e. The van der Waals surface area contributed by atoms with Gasteiger partial charge in [0, 0.05) is 60.0 Å². The molecular formula is C38H43IN4O2. The topological polar surface area (TPSA) is 66.4 Å². The number of aromatic nitrogens is 1. The largest absolute Gasteiger partial charge is 0.351 e. The molecule has 5 rings (SSSR count). The number of benzene rings is 3. The zero-order valence-corrected chi connectivity index (χ0v) is 28.3. The van der Waals surface area contributed by atoms with Gasteiger partial charge >= 0.3 is 0 Å². The Bertz CT molecular complexity index is 1510. The zero-order valence-electron chi connectivity index (χ0n) is 26.2. The first-order valence-corrected chi connectivity index (χ1v) is 17.3. The van der Waals surface area contributed by atoms with Crippen LogP contribution in [0.5, 0.6) is 0 Å². The maximum Gasteiger partial charge on any atom is 0.244 e. The second kappa shape index (κ2) is 16.0. The summed E-state index contributed by atoms with van der Waals surface area (Å²) in [5, 5.41) is 6.73. The third kappa shape index (κ3) is 8.95. The van der Waals surface area contributed by atoms with Crippen molar-refractivity contribution in [2.24, 2.45) is 0 Å². The summed E-state index contributed by atoms with van der Waals surface area (Å²) in [6, 6.07) is 33.0. The summed E-state index contributed by atoms with van der Waals surface area (Å²) in [4.78, 5) is 29.0. The van der Waals surface area contributed by atoms with Crippen LogP contribution in [0.2, 0.25) is 0 Å². The summed E-state index contributed by atoms with van der Waals surface area (Å²) in [5.41, 5.74) is 7.04. The van der Waals surface area contributed by atoms with Crippen LogP contribution in [0, 0.1) is 13.8 Å². The van der Waals surface area contributed by atoms with Crippen LogP contribution in [-0.4, -0.2) is 53.0 Å². The highest BCUT2D eigenvalue weighted by Crippen LogP contribution is 2.27. The third-order valence-electron chi connectivity index (χ3n) is 8.74. The molecule has 3 aromatic carbocycles. The van der Waals surface area contributed by atoms with E-state index < -0.39 is 0 Å². The van der Waals surface area contributed by atoms with Gasteiger partial charge < -0.3 is 20.1 Å². The Kier molecular flexibility index (Phi) is 11.7. The molecule has 0 saturated carbocycles. The number of carbonyl (C=O) groups is 2. The minimum absolute atomic E-state index is 0.0250. The second-order valence-corrected chi connectivity index (χ2v) is 12.6. The van der Waals surface area contributed by atoms with Crippen molar-refractivity contribution >= 4 is 40.5 Å². The van der Waals surface area contributed by atoms with Crippen molar-refractivity contribution < 1.29 is 9.59 Å². The van der Waals surface area contributed by atoms with E-state index in [0.29, 0.717) is 26.1 Å². The number of hydrogen-bond acceptors (Lipinski definition) is 3. The van der Waals surface area contributed by atoms with Crippen LogP contribution in [0.25, 0.3) is 6.08 Å². The number of amides is 2.